The second kappa shape index (κ2) is 6.44. The average molecular weight is 376 g/mol. The standard InChI is InChI=1S/C20H20N6S/c1-25(2)20-14-6-4-3-5-13(14)19(23-24-20)17-8-7-16(27-17)15-12-26-10-9-21-11-18(26)22-15/h3-8,12,21H,9-11H2,1-2H3. The molecule has 7 heteroatoms. The molecule has 0 spiro atoms. The van der Waals surface area contributed by atoms with Crippen LogP contribution >= 0.6 is 11.3 Å². The number of benzene rings is 1. The van der Waals surface area contributed by atoms with Gasteiger partial charge in [-0.25, -0.2) is 4.98 Å². The van der Waals surface area contributed by atoms with Gasteiger partial charge in [0.05, 0.1) is 22.0 Å². The first-order valence-corrected chi connectivity index (χ1v) is 9.82. The molecule has 27 heavy (non-hydrogen) atoms. The molecule has 0 bridgehead atoms. The third-order valence-electron chi connectivity index (χ3n) is 4.86. The highest BCUT2D eigenvalue weighted by Gasteiger charge is 2.17. The number of imidazole rings is 1. The largest absolute Gasteiger partial charge is 0.361 e. The Morgan fingerprint density at radius 3 is 2.67 bits per heavy atom. The Balaban J connectivity index is 1.59. The Kier molecular flexibility index (Phi) is 3.91. The summed E-state index contributed by atoms with van der Waals surface area (Å²) in [5, 5.41) is 14.6. The molecule has 1 aliphatic heterocycles. The quantitative estimate of drug-likeness (QED) is 0.594. The van der Waals surface area contributed by atoms with Crippen LogP contribution in [-0.4, -0.2) is 40.4 Å². The lowest BCUT2D eigenvalue weighted by atomic mass is 10.1. The second-order valence-corrected chi connectivity index (χ2v) is 7.97. The molecule has 0 fully saturated rings. The number of fused-ring (bicyclic) bond motifs is 2. The zero-order valence-corrected chi connectivity index (χ0v) is 16.1. The van der Waals surface area contributed by atoms with Gasteiger partial charge in [0.2, 0.25) is 0 Å². The van der Waals surface area contributed by atoms with Crippen molar-refractivity contribution in [3.05, 3.63) is 48.4 Å². The van der Waals surface area contributed by atoms with Crippen molar-refractivity contribution in [2.24, 2.45) is 0 Å². The monoisotopic (exact) mass is 376 g/mol. The molecule has 1 N–H and O–H groups in total. The van der Waals surface area contributed by atoms with E-state index in [-0.39, 0.29) is 0 Å². The number of thiophene rings is 1. The van der Waals surface area contributed by atoms with E-state index in [4.69, 9.17) is 4.98 Å². The molecule has 1 aromatic carbocycles. The first kappa shape index (κ1) is 16.4. The summed E-state index contributed by atoms with van der Waals surface area (Å²) in [4.78, 5) is 9.07. The molecular formula is C20H20N6S. The molecule has 0 atom stereocenters. The van der Waals surface area contributed by atoms with Gasteiger partial charge < -0.3 is 14.8 Å². The van der Waals surface area contributed by atoms with E-state index in [9.17, 15) is 0 Å². The molecule has 0 aliphatic carbocycles. The number of hydrogen-bond acceptors (Lipinski definition) is 6. The molecule has 4 aromatic rings. The summed E-state index contributed by atoms with van der Waals surface area (Å²) in [5.74, 6) is 1.99. The van der Waals surface area contributed by atoms with Gasteiger partial charge in [-0.3, -0.25) is 0 Å². The normalized spacial score (nSPS) is 13.7. The molecule has 5 rings (SSSR count). The van der Waals surface area contributed by atoms with Crippen LogP contribution in [0.3, 0.4) is 0 Å². The maximum atomic E-state index is 4.80. The summed E-state index contributed by atoms with van der Waals surface area (Å²) < 4.78 is 2.24. The SMILES string of the molecule is CN(C)c1nnc(-c2ccc(-c3cn4c(n3)CNCC4)s2)c2ccccc12. The second-order valence-electron chi connectivity index (χ2n) is 6.89. The highest BCUT2D eigenvalue weighted by Crippen LogP contribution is 2.37. The molecule has 4 heterocycles. The summed E-state index contributed by atoms with van der Waals surface area (Å²) in [5.41, 5.74) is 1.96. The highest BCUT2D eigenvalue weighted by atomic mass is 32.1. The Morgan fingerprint density at radius 1 is 1.04 bits per heavy atom. The topological polar surface area (TPSA) is 58.9 Å². The lowest BCUT2D eigenvalue weighted by Gasteiger charge is -2.14. The van der Waals surface area contributed by atoms with Crippen LogP contribution in [-0.2, 0) is 13.1 Å². The van der Waals surface area contributed by atoms with Crippen LogP contribution in [0.25, 0.3) is 31.9 Å². The smallest absolute Gasteiger partial charge is 0.158 e. The number of anilines is 1. The fourth-order valence-electron chi connectivity index (χ4n) is 3.51. The lowest BCUT2D eigenvalue weighted by Crippen LogP contribution is -2.27. The third kappa shape index (κ3) is 2.79. The van der Waals surface area contributed by atoms with E-state index in [1.165, 1.54) is 0 Å². The van der Waals surface area contributed by atoms with Gasteiger partial charge in [0.15, 0.2) is 5.82 Å². The molecule has 6 nitrogen and oxygen atoms in total. The first-order chi connectivity index (χ1) is 13.2. The van der Waals surface area contributed by atoms with Crippen LogP contribution in [0.1, 0.15) is 5.82 Å². The van der Waals surface area contributed by atoms with Crippen molar-refractivity contribution in [1.82, 2.24) is 25.1 Å². The molecule has 0 amide bonds. The zero-order chi connectivity index (χ0) is 18.4. The highest BCUT2D eigenvalue weighted by molar-refractivity contribution is 7.18. The predicted molar refractivity (Wildman–Crippen MR) is 110 cm³/mol. The number of rotatable bonds is 3. The van der Waals surface area contributed by atoms with E-state index in [1.54, 1.807) is 11.3 Å². The number of nitrogens with zero attached hydrogens (tertiary/aromatic N) is 5. The third-order valence-corrected chi connectivity index (χ3v) is 5.97. The van der Waals surface area contributed by atoms with Crippen LogP contribution in [0, 0.1) is 0 Å². The van der Waals surface area contributed by atoms with Gasteiger partial charge >= 0.3 is 0 Å². The molecule has 0 saturated carbocycles. The van der Waals surface area contributed by atoms with E-state index in [0.29, 0.717) is 0 Å². The van der Waals surface area contributed by atoms with E-state index in [0.717, 1.165) is 63.2 Å². The van der Waals surface area contributed by atoms with E-state index in [2.05, 4.69) is 56.6 Å². The minimum atomic E-state index is 0.834. The molecule has 0 radical (unpaired) electrons. The van der Waals surface area contributed by atoms with Gasteiger partial charge in [0, 0.05) is 44.2 Å². The van der Waals surface area contributed by atoms with Crippen molar-refractivity contribution in [2.75, 3.05) is 25.5 Å². The summed E-state index contributed by atoms with van der Waals surface area (Å²) in [7, 11) is 3.99. The van der Waals surface area contributed by atoms with Crippen molar-refractivity contribution in [3.63, 3.8) is 0 Å². The zero-order valence-electron chi connectivity index (χ0n) is 15.3. The average Bonchev–Trinajstić information content (AvgIpc) is 3.33. The van der Waals surface area contributed by atoms with Gasteiger partial charge in [-0.15, -0.1) is 21.5 Å². The minimum Gasteiger partial charge on any atom is -0.361 e. The van der Waals surface area contributed by atoms with Crippen molar-refractivity contribution in [3.8, 4) is 21.1 Å². The molecule has 3 aromatic heterocycles. The van der Waals surface area contributed by atoms with E-state index in [1.807, 2.05) is 25.1 Å². The maximum Gasteiger partial charge on any atom is 0.158 e. The number of nitrogens with one attached hydrogen (secondary N) is 1. The van der Waals surface area contributed by atoms with E-state index < -0.39 is 0 Å². The van der Waals surface area contributed by atoms with Gasteiger partial charge in [0.1, 0.15) is 11.5 Å². The maximum absolute atomic E-state index is 4.80. The van der Waals surface area contributed by atoms with Crippen molar-refractivity contribution in [2.45, 2.75) is 13.1 Å². The van der Waals surface area contributed by atoms with Crippen LogP contribution in [0.4, 0.5) is 5.82 Å². The van der Waals surface area contributed by atoms with Gasteiger partial charge in [-0.1, -0.05) is 24.3 Å². The predicted octanol–water partition coefficient (Wildman–Crippen LogP) is 3.39. The molecule has 0 saturated heterocycles. The summed E-state index contributed by atoms with van der Waals surface area (Å²) >= 11 is 1.72. The van der Waals surface area contributed by atoms with Crippen LogP contribution in [0.2, 0.25) is 0 Å². The molecule has 136 valence electrons. The fraction of sp³-hybridized carbons (Fsp3) is 0.250. The Bertz CT molecular complexity index is 1100. The van der Waals surface area contributed by atoms with Gasteiger partial charge in [-0.05, 0) is 12.1 Å². The van der Waals surface area contributed by atoms with Gasteiger partial charge in [0.25, 0.3) is 0 Å². The van der Waals surface area contributed by atoms with Crippen molar-refractivity contribution >= 4 is 27.9 Å². The Hall–Kier alpha value is -2.77. The van der Waals surface area contributed by atoms with E-state index >= 15 is 0 Å². The van der Waals surface area contributed by atoms with Crippen LogP contribution < -0.4 is 10.2 Å². The summed E-state index contributed by atoms with van der Waals surface area (Å²) in [6.45, 7) is 2.81. The van der Waals surface area contributed by atoms with Crippen molar-refractivity contribution < 1.29 is 0 Å². The first-order valence-electron chi connectivity index (χ1n) is 9.01. The Morgan fingerprint density at radius 2 is 1.85 bits per heavy atom. The minimum absolute atomic E-state index is 0.834. The number of hydrogen-bond donors (Lipinski definition) is 1. The summed E-state index contributed by atoms with van der Waals surface area (Å²) in [6.07, 6.45) is 2.16. The van der Waals surface area contributed by atoms with Crippen molar-refractivity contribution in [1.29, 1.82) is 0 Å². The van der Waals surface area contributed by atoms with Crippen LogP contribution in [0.15, 0.2) is 42.6 Å². The molecular weight excluding hydrogens is 356 g/mol. The van der Waals surface area contributed by atoms with Crippen LogP contribution in [0.5, 0.6) is 0 Å². The van der Waals surface area contributed by atoms with Gasteiger partial charge in [-0.2, -0.15) is 0 Å². The molecule has 0 unspecified atom stereocenters. The number of aromatic nitrogens is 4. The lowest BCUT2D eigenvalue weighted by molar-refractivity contribution is 0.505. The fourth-order valence-corrected chi connectivity index (χ4v) is 4.47. The molecule has 1 aliphatic rings. The summed E-state index contributed by atoms with van der Waals surface area (Å²) in [6, 6.07) is 12.6. The Labute approximate surface area is 161 Å².